The highest BCUT2D eigenvalue weighted by atomic mass is 31.2. The second-order valence-electron chi connectivity index (χ2n) is 17.1. The molecule has 0 saturated carbocycles. The second-order valence-corrected chi connectivity index (χ2v) is 18.5. The van der Waals surface area contributed by atoms with Gasteiger partial charge < -0.3 is 27.9 Å². The van der Waals surface area contributed by atoms with Crippen molar-refractivity contribution in [2.45, 2.75) is 200 Å². The summed E-state index contributed by atoms with van der Waals surface area (Å²) in [7, 11) is 1.12. The van der Waals surface area contributed by atoms with Crippen molar-refractivity contribution in [2.24, 2.45) is 0 Å². The van der Waals surface area contributed by atoms with Crippen LogP contribution in [0.15, 0.2) is 60.8 Å². The number of phosphoric acid groups is 1. The van der Waals surface area contributed by atoms with Gasteiger partial charge in [-0.05, 0) is 77.0 Å². The molecule has 60 heavy (non-hydrogen) atoms. The Kier molecular flexibility index (Phi) is 40.4. The average molecular weight is 864 g/mol. The van der Waals surface area contributed by atoms with E-state index in [4.69, 9.17) is 18.5 Å². The molecule has 9 nitrogen and oxygen atoms in total. The molecule has 0 spiro atoms. The van der Waals surface area contributed by atoms with Gasteiger partial charge in [-0.3, -0.25) is 14.2 Å². The van der Waals surface area contributed by atoms with Gasteiger partial charge in [0.15, 0.2) is 6.10 Å². The molecule has 10 heteroatoms. The van der Waals surface area contributed by atoms with Gasteiger partial charge in [0.25, 0.3) is 7.82 Å². The summed E-state index contributed by atoms with van der Waals surface area (Å²) < 4.78 is 33.9. The maximum atomic E-state index is 12.7. The summed E-state index contributed by atoms with van der Waals surface area (Å²) in [6, 6.07) is 0. The number of nitrogens with zero attached hydrogens (tertiary/aromatic N) is 1. The lowest BCUT2D eigenvalue weighted by Gasteiger charge is -2.28. The minimum atomic E-state index is -4.65. The first kappa shape index (κ1) is 57.7. The Labute approximate surface area is 368 Å². The Morgan fingerprint density at radius 2 is 0.917 bits per heavy atom. The topological polar surface area (TPSA) is 111 Å². The van der Waals surface area contributed by atoms with E-state index in [1.54, 1.807) is 0 Å². The van der Waals surface area contributed by atoms with E-state index in [0.717, 1.165) is 44.9 Å². The van der Waals surface area contributed by atoms with Gasteiger partial charge in [0, 0.05) is 12.8 Å². The molecule has 0 amide bonds. The number of phosphoric ester groups is 1. The molecule has 0 fully saturated rings. The number of rotatable bonds is 43. The zero-order valence-corrected chi connectivity index (χ0v) is 40.0. The van der Waals surface area contributed by atoms with Crippen LogP contribution in [0.2, 0.25) is 0 Å². The molecule has 0 rings (SSSR count). The maximum absolute atomic E-state index is 12.7. The largest absolute Gasteiger partial charge is 0.756 e. The summed E-state index contributed by atoms with van der Waals surface area (Å²) in [5, 5.41) is 0. The van der Waals surface area contributed by atoms with Gasteiger partial charge in [-0.1, -0.05) is 164 Å². The van der Waals surface area contributed by atoms with E-state index in [1.807, 2.05) is 27.2 Å². The standard InChI is InChI=1S/C50H90NO8P/c1-6-8-10-12-14-16-18-20-22-23-24-25-26-27-29-31-33-35-37-39-41-43-50(53)59-48(47-58-60(54,55)57-45-44-51(3,4)5)46-56-49(52)42-40-38-36-34-32-30-28-21-19-17-15-13-11-9-7-2/h22-23,25-26,29-32,35,37,48H,6-21,24,27-28,33-34,36,38-47H2,1-5H3/b23-22+,26-25+,31-29+,32-30+,37-35+/t48-/m1/s1. The Balaban J connectivity index is 4.44. The Morgan fingerprint density at radius 1 is 0.517 bits per heavy atom. The van der Waals surface area contributed by atoms with E-state index in [2.05, 4.69) is 68.5 Å². The zero-order chi connectivity index (χ0) is 44.3. The van der Waals surface area contributed by atoms with Crippen molar-refractivity contribution in [3.63, 3.8) is 0 Å². The van der Waals surface area contributed by atoms with Crippen molar-refractivity contribution in [3.05, 3.63) is 60.8 Å². The summed E-state index contributed by atoms with van der Waals surface area (Å²) in [4.78, 5) is 37.6. The third kappa shape index (κ3) is 45.2. The molecular weight excluding hydrogens is 774 g/mol. The smallest absolute Gasteiger partial charge is 0.306 e. The molecule has 0 aliphatic carbocycles. The Hall–Kier alpha value is -2.29. The lowest BCUT2D eigenvalue weighted by molar-refractivity contribution is -0.870. The number of esters is 2. The van der Waals surface area contributed by atoms with Gasteiger partial charge in [0.1, 0.15) is 19.8 Å². The number of likely N-dealkylation sites (N-methyl/N-ethyl adjacent to an activating group) is 1. The van der Waals surface area contributed by atoms with E-state index in [0.29, 0.717) is 30.3 Å². The minimum Gasteiger partial charge on any atom is -0.756 e. The number of ether oxygens (including phenoxy) is 2. The number of hydrogen-bond donors (Lipinski definition) is 0. The van der Waals surface area contributed by atoms with Gasteiger partial charge in [-0.25, -0.2) is 0 Å². The molecule has 0 aliphatic heterocycles. The van der Waals surface area contributed by atoms with Crippen molar-refractivity contribution in [1.82, 2.24) is 0 Å². The quantitative estimate of drug-likeness (QED) is 0.0196. The lowest BCUT2D eigenvalue weighted by Crippen LogP contribution is -2.37. The summed E-state index contributed by atoms with van der Waals surface area (Å²) in [6.07, 6.45) is 51.2. The predicted octanol–water partition coefficient (Wildman–Crippen LogP) is 13.4. The van der Waals surface area contributed by atoms with Gasteiger partial charge >= 0.3 is 11.9 Å². The third-order valence-electron chi connectivity index (χ3n) is 10.0. The van der Waals surface area contributed by atoms with Crippen LogP contribution in [0.3, 0.4) is 0 Å². The molecule has 2 atom stereocenters. The van der Waals surface area contributed by atoms with Crippen molar-refractivity contribution >= 4 is 19.8 Å². The SMILES string of the molecule is CCCCCCCCC/C=C/C/C=C/C/C=C/C/C=C/CCCC(=O)O[C@H](COC(=O)CCCCC/C=C/CCCCCCCCCC)COP(=O)([O-])OCC[N+](C)(C)C. The molecular formula is C50H90NO8P. The number of carbonyl (C=O) groups excluding carboxylic acids is 2. The first-order chi connectivity index (χ1) is 29.0. The molecule has 0 aromatic rings. The highest BCUT2D eigenvalue weighted by molar-refractivity contribution is 7.45. The van der Waals surface area contributed by atoms with Crippen molar-refractivity contribution < 1.29 is 42.1 Å². The van der Waals surface area contributed by atoms with Crippen LogP contribution < -0.4 is 4.89 Å². The Morgan fingerprint density at radius 3 is 1.40 bits per heavy atom. The Bertz CT molecular complexity index is 1210. The number of quaternary nitrogens is 1. The molecule has 0 saturated heterocycles. The minimum absolute atomic E-state index is 0.0452. The molecule has 0 aromatic carbocycles. The number of unbranched alkanes of at least 4 members (excludes halogenated alkanes) is 19. The van der Waals surface area contributed by atoms with Crippen LogP contribution in [0.1, 0.15) is 194 Å². The molecule has 0 aromatic heterocycles. The van der Waals surface area contributed by atoms with E-state index >= 15 is 0 Å². The van der Waals surface area contributed by atoms with Crippen LogP contribution in [0, 0.1) is 0 Å². The van der Waals surface area contributed by atoms with E-state index in [9.17, 15) is 19.0 Å². The van der Waals surface area contributed by atoms with Crippen LogP contribution in [0.25, 0.3) is 0 Å². The zero-order valence-electron chi connectivity index (χ0n) is 39.1. The van der Waals surface area contributed by atoms with Crippen LogP contribution in [0.4, 0.5) is 0 Å². The predicted molar refractivity (Wildman–Crippen MR) is 250 cm³/mol. The highest BCUT2D eigenvalue weighted by Crippen LogP contribution is 2.38. The first-order valence-electron chi connectivity index (χ1n) is 24.0. The molecule has 348 valence electrons. The molecule has 0 aliphatic rings. The van der Waals surface area contributed by atoms with E-state index < -0.39 is 32.5 Å². The van der Waals surface area contributed by atoms with Gasteiger partial charge in [-0.15, -0.1) is 0 Å². The van der Waals surface area contributed by atoms with Gasteiger partial charge in [-0.2, -0.15) is 0 Å². The molecule has 0 radical (unpaired) electrons. The van der Waals surface area contributed by atoms with E-state index in [-0.39, 0.29) is 26.1 Å². The van der Waals surface area contributed by atoms with Gasteiger partial charge in [0.2, 0.25) is 0 Å². The van der Waals surface area contributed by atoms with Crippen molar-refractivity contribution in [2.75, 3.05) is 47.5 Å². The second kappa shape index (κ2) is 42.0. The molecule has 0 heterocycles. The lowest BCUT2D eigenvalue weighted by atomic mass is 10.1. The highest BCUT2D eigenvalue weighted by Gasteiger charge is 2.21. The monoisotopic (exact) mass is 864 g/mol. The number of allylic oxidation sites excluding steroid dienone is 10. The van der Waals surface area contributed by atoms with Gasteiger partial charge in [0.05, 0.1) is 27.7 Å². The summed E-state index contributed by atoms with van der Waals surface area (Å²) in [6.45, 7) is 4.14. The summed E-state index contributed by atoms with van der Waals surface area (Å²) in [5.74, 6) is -0.919. The van der Waals surface area contributed by atoms with Crippen LogP contribution in [0.5, 0.6) is 0 Å². The maximum Gasteiger partial charge on any atom is 0.306 e. The molecule has 0 bridgehead atoms. The van der Waals surface area contributed by atoms with Crippen molar-refractivity contribution in [3.8, 4) is 0 Å². The number of carbonyl (C=O) groups is 2. The third-order valence-corrected chi connectivity index (χ3v) is 11.0. The molecule has 0 N–H and O–H groups in total. The van der Waals surface area contributed by atoms with Crippen molar-refractivity contribution in [1.29, 1.82) is 0 Å². The normalized spacial score (nSPS) is 14.0. The summed E-state index contributed by atoms with van der Waals surface area (Å²) >= 11 is 0. The number of hydrogen-bond acceptors (Lipinski definition) is 8. The fraction of sp³-hybridized carbons (Fsp3) is 0.760. The van der Waals surface area contributed by atoms with Crippen LogP contribution >= 0.6 is 7.82 Å². The van der Waals surface area contributed by atoms with E-state index in [1.165, 1.54) is 103 Å². The first-order valence-corrected chi connectivity index (χ1v) is 25.5. The average Bonchev–Trinajstić information content (AvgIpc) is 3.20. The summed E-state index contributed by atoms with van der Waals surface area (Å²) in [5.41, 5.74) is 0. The fourth-order valence-corrected chi connectivity index (χ4v) is 6.96. The molecule has 1 unspecified atom stereocenters. The fourth-order valence-electron chi connectivity index (χ4n) is 6.23. The van der Waals surface area contributed by atoms with Crippen LogP contribution in [-0.4, -0.2) is 70.0 Å². The van der Waals surface area contributed by atoms with Crippen LogP contribution in [-0.2, 0) is 32.7 Å².